The lowest BCUT2D eigenvalue weighted by molar-refractivity contribution is -0.172. The fourth-order valence-corrected chi connectivity index (χ4v) is 12.1. The molecular weight excluding hydrogens is 1390 g/mol. The number of fused-ring (bicyclic) bond motifs is 7. The van der Waals surface area contributed by atoms with Gasteiger partial charge >= 0.3 is 5.97 Å². The number of esters is 1. The number of nitrogens with one attached hydrogen (secondary N) is 6. The summed E-state index contributed by atoms with van der Waals surface area (Å²) in [6, 6.07) is 10.4. The molecule has 560 valence electrons. The van der Waals surface area contributed by atoms with Crippen LogP contribution >= 0.6 is 0 Å². The number of pyridine rings is 2. The van der Waals surface area contributed by atoms with Crippen LogP contribution in [-0.2, 0) is 129 Å². The fourth-order valence-electron chi connectivity index (χ4n) is 11.6. The lowest BCUT2D eigenvalue weighted by atomic mass is 9.82. The maximum atomic E-state index is 14.1. The Kier molecular flexibility index (Phi) is 28.0. The van der Waals surface area contributed by atoms with E-state index in [-0.39, 0.29) is 75.5 Å². The fraction of sp³-hybridized carbons (Fsp3) is 0.507. The van der Waals surface area contributed by atoms with Crippen molar-refractivity contribution in [2.45, 2.75) is 75.1 Å². The number of carbonyl (C=O) groups is 7. The molecule has 1 aliphatic carbocycles. The number of sulfone groups is 1. The highest BCUT2D eigenvalue weighted by molar-refractivity contribution is 7.90. The first-order valence-electron chi connectivity index (χ1n) is 33.7. The van der Waals surface area contributed by atoms with Gasteiger partial charge in [0.1, 0.15) is 38.3 Å². The number of ether oxygens (including phenoxy) is 12. The van der Waals surface area contributed by atoms with E-state index < -0.39 is 107 Å². The van der Waals surface area contributed by atoms with Gasteiger partial charge in [-0.05, 0) is 36.5 Å². The monoisotopic (exact) mass is 1470 g/mol. The normalized spacial score (nSPS) is 15.7. The molecule has 104 heavy (non-hydrogen) atoms. The number of aliphatic hydroxyl groups is 1. The third kappa shape index (κ3) is 20.9. The molecular formula is C67H83N13O23S. The molecule has 6 aromatic rings. The van der Waals surface area contributed by atoms with Crippen LogP contribution in [0.3, 0.4) is 0 Å². The summed E-state index contributed by atoms with van der Waals surface area (Å²) in [5.41, 5.74) is 3.18. The van der Waals surface area contributed by atoms with Gasteiger partial charge in [-0.25, -0.2) is 32.8 Å². The quantitative estimate of drug-likeness (QED) is 0.00975. The number of aryl methyl sites for hydroxylation is 1. The number of hydrogen-bond donors (Lipinski definition) is 7. The molecule has 0 unspecified atom stereocenters. The van der Waals surface area contributed by atoms with E-state index in [1.807, 2.05) is 0 Å². The third-order valence-electron chi connectivity index (χ3n) is 16.8. The van der Waals surface area contributed by atoms with Gasteiger partial charge in [0.25, 0.3) is 5.56 Å². The molecule has 0 radical (unpaired) electrons. The van der Waals surface area contributed by atoms with Gasteiger partial charge in [-0.15, -0.1) is 5.10 Å². The largest absolute Gasteiger partial charge is 0.458 e. The molecule has 0 fully saturated rings. The van der Waals surface area contributed by atoms with E-state index in [0.717, 1.165) is 17.2 Å². The maximum Gasteiger partial charge on any atom is 0.343 e. The van der Waals surface area contributed by atoms with Crippen LogP contribution in [-0.4, -0.2) is 247 Å². The molecule has 10 rings (SSSR count). The standard InChI is InChI=1S/C67H83N13O23S/c1-3-67(89)47-28-52-61-45(35-80(52)64(87)46(47)37-101-65(67)88)60-48(10-9-44-59(60)49(76-61)29-53-62(44)103-41-102-53)74-58(85)39-100-40-73-55(82)33-70-63(86)50(27-42-7-5-4-6-8-42)75-56(83)34-68-54(81)32-69-57(84)38-99-26-25-98-24-23-97-22-21-96-20-19-95-18-17-94-16-15-93-14-13-92-12-11-79-36-51(77-78-79)43-30-71-66(72-31-43)104(2,90)91/h4-8,28-31,36,48,50,89H,3,9-27,32-35,37-41H2,1-2H3,(H,68,81)(H,69,84)(H,70,86)(H,73,82)(H,74,85)(H,75,83)/t48-,50-,67-/m0/s1. The Morgan fingerprint density at radius 2 is 1.30 bits per heavy atom. The Labute approximate surface area is 596 Å². The van der Waals surface area contributed by atoms with Gasteiger partial charge in [0.05, 0.1) is 167 Å². The van der Waals surface area contributed by atoms with Gasteiger partial charge in [0, 0.05) is 58.8 Å². The van der Waals surface area contributed by atoms with Gasteiger partial charge in [-0.3, -0.25) is 33.6 Å². The molecule has 37 heteroatoms. The van der Waals surface area contributed by atoms with Crippen LogP contribution in [0.4, 0.5) is 0 Å². The number of carbonyl (C=O) groups excluding carboxylic acids is 7. The van der Waals surface area contributed by atoms with Crippen LogP contribution in [0.25, 0.3) is 33.5 Å². The molecule has 2 aromatic carbocycles. The first kappa shape index (κ1) is 77.1. The van der Waals surface area contributed by atoms with Gasteiger partial charge in [0.2, 0.25) is 57.2 Å². The van der Waals surface area contributed by atoms with Gasteiger partial charge in [0.15, 0.2) is 17.1 Å². The van der Waals surface area contributed by atoms with E-state index in [2.05, 4.69) is 52.2 Å². The van der Waals surface area contributed by atoms with Crippen molar-refractivity contribution in [3.63, 3.8) is 0 Å². The molecule has 7 N–H and O–H groups in total. The molecule has 4 aromatic heterocycles. The summed E-state index contributed by atoms with van der Waals surface area (Å²) < 4.78 is 92.6. The van der Waals surface area contributed by atoms with Crippen molar-refractivity contribution >= 4 is 62.2 Å². The number of benzene rings is 2. The summed E-state index contributed by atoms with van der Waals surface area (Å²) in [5.74, 6) is -3.68. The number of nitrogens with zero attached hydrogens (tertiary/aromatic N) is 7. The number of cyclic esters (lactones) is 1. The van der Waals surface area contributed by atoms with Crippen molar-refractivity contribution in [2.24, 2.45) is 0 Å². The van der Waals surface area contributed by atoms with Crippen molar-refractivity contribution in [1.82, 2.24) is 66.4 Å². The average Bonchev–Trinajstić information content (AvgIpc) is 1.51. The Hall–Kier alpha value is -9.54. The summed E-state index contributed by atoms with van der Waals surface area (Å²) in [6.07, 6.45) is 6.39. The van der Waals surface area contributed by atoms with Crippen molar-refractivity contribution in [3.8, 4) is 34.1 Å². The Morgan fingerprint density at radius 3 is 1.95 bits per heavy atom. The maximum absolute atomic E-state index is 14.1. The Bertz CT molecular complexity index is 4190. The van der Waals surface area contributed by atoms with E-state index in [9.17, 15) is 51.9 Å². The second kappa shape index (κ2) is 37.8. The zero-order valence-electron chi connectivity index (χ0n) is 57.4. The summed E-state index contributed by atoms with van der Waals surface area (Å²) in [4.78, 5) is 118. The molecule has 6 amide bonds. The van der Waals surface area contributed by atoms with Gasteiger partial charge in [-0.1, -0.05) is 42.5 Å². The topological polar surface area (TPSA) is 448 Å². The van der Waals surface area contributed by atoms with Crippen molar-refractivity contribution in [1.29, 1.82) is 0 Å². The predicted molar refractivity (Wildman–Crippen MR) is 361 cm³/mol. The lowest BCUT2D eigenvalue weighted by Gasteiger charge is -2.31. The number of amides is 6. The molecule has 4 aliphatic rings. The lowest BCUT2D eigenvalue weighted by Crippen LogP contribution is -2.52. The zero-order chi connectivity index (χ0) is 73.4. The first-order chi connectivity index (χ1) is 50.4. The number of rotatable bonds is 44. The minimum Gasteiger partial charge on any atom is -0.458 e. The molecule has 3 atom stereocenters. The summed E-state index contributed by atoms with van der Waals surface area (Å²) in [5, 5.41) is 35.4. The van der Waals surface area contributed by atoms with Gasteiger partial charge in [-0.2, -0.15) is 0 Å². The zero-order valence-corrected chi connectivity index (χ0v) is 58.2. The number of aromatic nitrogens is 7. The minimum atomic E-state index is -3.50. The number of hydrogen-bond acceptors (Lipinski definition) is 28. The minimum absolute atomic E-state index is 0.0137. The van der Waals surface area contributed by atoms with E-state index in [1.54, 1.807) is 60.3 Å². The van der Waals surface area contributed by atoms with E-state index in [0.29, 0.717) is 155 Å². The van der Waals surface area contributed by atoms with E-state index in [4.69, 9.17) is 61.8 Å². The summed E-state index contributed by atoms with van der Waals surface area (Å²) in [7, 11) is -3.50. The first-order valence-corrected chi connectivity index (χ1v) is 35.6. The summed E-state index contributed by atoms with van der Waals surface area (Å²) in [6.45, 7) is 4.20. The Morgan fingerprint density at radius 1 is 0.692 bits per heavy atom. The summed E-state index contributed by atoms with van der Waals surface area (Å²) >= 11 is 0. The predicted octanol–water partition coefficient (Wildman–Crippen LogP) is -1.64. The van der Waals surface area contributed by atoms with Crippen LogP contribution in [0, 0.1) is 0 Å². The SMILES string of the molecule is CC[C@@]1(O)C(=O)OCc2c1cc1n(c2=O)Cc2c-1nc1cc3c(c4c1c2[C@@H](NC(=O)COCNC(=O)CNC(=O)[C@H](Cc1ccccc1)NC(=O)CNC(=O)CNC(=O)COCCOCCOCCOCCOCCOCCOCCOCCn1cc(-c2cnc(S(C)(=O)=O)nc2)nn1)CC4)OCO3. The van der Waals surface area contributed by atoms with E-state index >= 15 is 0 Å². The highest BCUT2D eigenvalue weighted by Crippen LogP contribution is 2.50. The van der Waals surface area contributed by atoms with Crippen LogP contribution in [0.5, 0.6) is 11.5 Å². The van der Waals surface area contributed by atoms with Crippen molar-refractivity contribution < 1.29 is 104 Å². The molecule has 0 spiro atoms. The highest BCUT2D eigenvalue weighted by Gasteiger charge is 2.46. The van der Waals surface area contributed by atoms with Crippen molar-refractivity contribution in [3.05, 3.63) is 105 Å². The van der Waals surface area contributed by atoms with Crippen LogP contribution in [0.1, 0.15) is 59.2 Å². The molecule has 0 saturated carbocycles. The molecule has 7 heterocycles. The van der Waals surface area contributed by atoms with Crippen LogP contribution < -0.4 is 46.9 Å². The van der Waals surface area contributed by atoms with Crippen LogP contribution in [0.15, 0.2) is 71.0 Å². The van der Waals surface area contributed by atoms with Crippen LogP contribution in [0.2, 0.25) is 0 Å². The highest BCUT2D eigenvalue weighted by atomic mass is 32.2. The van der Waals surface area contributed by atoms with E-state index in [1.165, 1.54) is 17.0 Å². The Balaban J connectivity index is 0.527. The van der Waals surface area contributed by atoms with Crippen molar-refractivity contribution in [2.75, 3.05) is 152 Å². The molecule has 3 aliphatic heterocycles. The third-order valence-corrected chi connectivity index (χ3v) is 17.6. The van der Waals surface area contributed by atoms with Gasteiger partial charge < -0.3 is 98.4 Å². The molecule has 0 saturated heterocycles. The second-order valence-electron chi connectivity index (χ2n) is 24.0. The molecule has 36 nitrogen and oxygen atoms in total. The molecule has 0 bridgehead atoms. The smallest absolute Gasteiger partial charge is 0.343 e. The average molecular weight is 1470 g/mol. The second-order valence-corrected chi connectivity index (χ2v) is 25.9.